The summed E-state index contributed by atoms with van der Waals surface area (Å²) in [7, 11) is 0. The fraction of sp³-hybridized carbons (Fsp3) is 0.167. The number of fused-ring (bicyclic) bond motifs is 1. The van der Waals surface area contributed by atoms with Gasteiger partial charge in [-0.3, -0.25) is 9.78 Å². The van der Waals surface area contributed by atoms with Crippen molar-refractivity contribution in [1.29, 1.82) is 0 Å². The number of benzene rings is 1. The lowest BCUT2D eigenvalue weighted by molar-refractivity contribution is -0.119. The number of rotatable bonds is 3. The van der Waals surface area contributed by atoms with E-state index in [1.165, 1.54) is 0 Å². The lowest BCUT2D eigenvalue weighted by Crippen LogP contribution is -2.29. The molecule has 82 valence electrons. The average Bonchev–Trinajstić information content (AvgIpc) is 2.35. The Hall–Kier alpha value is -1.94. The van der Waals surface area contributed by atoms with E-state index >= 15 is 0 Å². The molecule has 1 aromatic carbocycles. The number of nitrogens with zero attached hydrogens (tertiary/aromatic N) is 1. The molecule has 0 saturated heterocycles. The summed E-state index contributed by atoms with van der Waals surface area (Å²) in [4.78, 5) is 15.2. The highest BCUT2D eigenvalue weighted by Crippen LogP contribution is 2.12. The van der Waals surface area contributed by atoms with Crippen molar-refractivity contribution >= 4 is 16.8 Å². The van der Waals surface area contributed by atoms with Gasteiger partial charge in [-0.25, -0.2) is 0 Å². The van der Waals surface area contributed by atoms with Crippen molar-refractivity contribution in [3.05, 3.63) is 42.1 Å². The molecule has 1 aromatic heterocycles. The van der Waals surface area contributed by atoms with Gasteiger partial charge in [0, 0.05) is 18.1 Å². The van der Waals surface area contributed by atoms with E-state index in [9.17, 15) is 4.79 Å². The molecule has 2 aromatic rings. The fourth-order valence-electron chi connectivity index (χ4n) is 1.51. The van der Waals surface area contributed by atoms with Crippen LogP contribution < -0.4 is 11.1 Å². The van der Waals surface area contributed by atoms with Crippen molar-refractivity contribution in [2.75, 3.05) is 6.54 Å². The van der Waals surface area contributed by atoms with Crippen molar-refractivity contribution < 1.29 is 4.79 Å². The number of nitrogens with one attached hydrogen (secondary N) is 1. The molecule has 0 aliphatic carbocycles. The van der Waals surface area contributed by atoms with Gasteiger partial charge >= 0.3 is 0 Å². The Morgan fingerprint density at radius 2 is 2.25 bits per heavy atom. The number of nitrogens with two attached hydrogens (primary N) is 1. The maximum absolute atomic E-state index is 11.0. The minimum Gasteiger partial charge on any atom is -0.351 e. The topological polar surface area (TPSA) is 68.0 Å². The van der Waals surface area contributed by atoms with Crippen LogP contribution in [0, 0.1) is 0 Å². The number of hydrogen-bond acceptors (Lipinski definition) is 3. The summed E-state index contributed by atoms with van der Waals surface area (Å²) in [6.45, 7) is 0.524. The molecular formula is C12H13N3O. The van der Waals surface area contributed by atoms with Gasteiger partial charge in [0.05, 0.1) is 12.1 Å². The highest BCUT2D eigenvalue weighted by atomic mass is 16.1. The maximum atomic E-state index is 11.0. The van der Waals surface area contributed by atoms with Gasteiger partial charge in [0.25, 0.3) is 0 Å². The first kappa shape index (κ1) is 10.6. The zero-order chi connectivity index (χ0) is 11.4. The van der Waals surface area contributed by atoms with Crippen molar-refractivity contribution in [1.82, 2.24) is 10.3 Å². The van der Waals surface area contributed by atoms with Gasteiger partial charge in [-0.2, -0.15) is 0 Å². The zero-order valence-electron chi connectivity index (χ0n) is 8.81. The number of pyridine rings is 1. The third-order valence-corrected chi connectivity index (χ3v) is 2.34. The number of carbonyl (C=O) groups is 1. The molecule has 16 heavy (non-hydrogen) atoms. The van der Waals surface area contributed by atoms with Crippen LogP contribution in [-0.2, 0) is 11.3 Å². The lowest BCUT2D eigenvalue weighted by atomic mass is 10.1. The number of hydrogen-bond donors (Lipinski definition) is 2. The van der Waals surface area contributed by atoms with Crippen LogP contribution in [0.25, 0.3) is 10.9 Å². The normalized spacial score (nSPS) is 10.3. The van der Waals surface area contributed by atoms with E-state index < -0.39 is 0 Å². The Balaban J connectivity index is 2.16. The summed E-state index contributed by atoms with van der Waals surface area (Å²) < 4.78 is 0. The van der Waals surface area contributed by atoms with Gasteiger partial charge in [-0.15, -0.1) is 0 Å². The summed E-state index contributed by atoms with van der Waals surface area (Å²) in [5.41, 5.74) is 7.20. The van der Waals surface area contributed by atoms with E-state index in [1.54, 1.807) is 6.20 Å². The van der Waals surface area contributed by atoms with Gasteiger partial charge in [0.15, 0.2) is 0 Å². The Morgan fingerprint density at radius 1 is 1.38 bits per heavy atom. The van der Waals surface area contributed by atoms with Crippen LogP contribution in [0.4, 0.5) is 0 Å². The summed E-state index contributed by atoms with van der Waals surface area (Å²) in [5.74, 6) is -0.147. The second-order valence-electron chi connectivity index (χ2n) is 3.51. The van der Waals surface area contributed by atoms with Crippen LogP contribution in [0.2, 0.25) is 0 Å². The number of carbonyl (C=O) groups excluding carboxylic acids is 1. The quantitative estimate of drug-likeness (QED) is 0.796. The van der Waals surface area contributed by atoms with E-state index in [1.807, 2.05) is 30.3 Å². The lowest BCUT2D eigenvalue weighted by Gasteiger charge is -2.04. The van der Waals surface area contributed by atoms with Gasteiger partial charge in [0.1, 0.15) is 0 Å². The molecule has 2 rings (SSSR count). The SMILES string of the molecule is NCC(=O)NCc1ccc2ncccc2c1. The molecule has 1 heterocycles. The predicted octanol–water partition coefficient (Wildman–Crippen LogP) is 0.810. The molecule has 1 amide bonds. The maximum Gasteiger partial charge on any atom is 0.234 e. The van der Waals surface area contributed by atoms with E-state index in [4.69, 9.17) is 5.73 Å². The van der Waals surface area contributed by atoms with E-state index in [0.717, 1.165) is 16.5 Å². The monoisotopic (exact) mass is 215 g/mol. The second-order valence-corrected chi connectivity index (χ2v) is 3.51. The van der Waals surface area contributed by atoms with E-state index in [0.29, 0.717) is 6.54 Å². The number of aromatic nitrogens is 1. The van der Waals surface area contributed by atoms with Crippen LogP contribution in [0.5, 0.6) is 0 Å². The van der Waals surface area contributed by atoms with Crippen molar-refractivity contribution in [2.45, 2.75) is 6.54 Å². The van der Waals surface area contributed by atoms with Crippen molar-refractivity contribution in [3.63, 3.8) is 0 Å². The predicted molar refractivity (Wildman–Crippen MR) is 62.6 cm³/mol. The molecule has 3 N–H and O–H groups in total. The van der Waals surface area contributed by atoms with Crippen LogP contribution >= 0.6 is 0 Å². The highest BCUT2D eigenvalue weighted by Gasteiger charge is 1.99. The molecule has 0 radical (unpaired) electrons. The smallest absolute Gasteiger partial charge is 0.234 e. The van der Waals surface area contributed by atoms with E-state index in [-0.39, 0.29) is 12.5 Å². The first-order valence-electron chi connectivity index (χ1n) is 5.10. The van der Waals surface area contributed by atoms with Gasteiger partial charge < -0.3 is 11.1 Å². The van der Waals surface area contributed by atoms with E-state index in [2.05, 4.69) is 10.3 Å². The first-order chi connectivity index (χ1) is 7.79. The minimum absolute atomic E-state index is 0.0230. The van der Waals surface area contributed by atoms with Gasteiger partial charge in [-0.1, -0.05) is 12.1 Å². The molecule has 0 atom stereocenters. The molecule has 0 aliphatic heterocycles. The first-order valence-corrected chi connectivity index (χ1v) is 5.10. The largest absolute Gasteiger partial charge is 0.351 e. The van der Waals surface area contributed by atoms with Crippen LogP contribution in [0.15, 0.2) is 36.5 Å². The molecule has 0 aliphatic rings. The number of amides is 1. The molecule has 0 saturated carbocycles. The molecule has 0 bridgehead atoms. The fourth-order valence-corrected chi connectivity index (χ4v) is 1.51. The molecule has 0 fully saturated rings. The molecule has 0 unspecified atom stereocenters. The standard InChI is InChI=1S/C12H13N3O/c13-7-12(16)15-8-9-3-4-11-10(6-9)2-1-5-14-11/h1-6H,7-8,13H2,(H,15,16). The van der Waals surface area contributed by atoms with Crippen molar-refractivity contribution in [2.24, 2.45) is 5.73 Å². The van der Waals surface area contributed by atoms with Gasteiger partial charge in [-0.05, 0) is 23.8 Å². The minimum atomic E-state index is -0.147. The Bertz CT molecular complexity index is 510. The molecule has 4 heteroatoms. The summed E-state index contributed by atoms with van der Waals surface area (Å²) >= 11 is 0. The van der Waals surface area contributed by atoms with Crippen LogP contribution in [-0.4, -0.2) is 17.4 Å². The highest BCUT2D eigenvalue weighted by molar-refractivity contribution is 5.80. The Labute approximate surface area is 93.5 Å². The summed E-state index contributed by atoms with van der Waals surface area (Å²) in [6.07, 6.45) is 1.76. The zero-order valence-corrected chi connectivity index (χ0v) is 8.81. The Kier molecular flexibility index (Phi) is 3.12. The Morgan fingerprint density at radius 3 is 3.06 bits per heavy atom. The summed E-state index contributed by atoms with van der Waals surface area (Å²) in [6, 6.07) is 9.80. The van der Waals surface area contributed by atoms with Crippen LogP contribution in [0.3, 0.4) is 0 Å². The second kappa shape index (κ2) is 4.72. The third kappa shape index (κ3) is 2.35. The molecule has 0 spiro atoms. The van der Waals surface area contributed by atoms with Crippen LogP contribution in [0.1, 0.15) is 5.56 Å². The molecular weight excluding hydrogens is 202 g/mol. The third-order valence-electron chi connectivity index (χ3n) is 2.34. The summed E-state index contributed by atoms with van der Waals surface area (Å²) in [5, 5.41) is 3.80. The average molecular weight is 215 g/mol. The van der Waals surface area contributed by atoms with Gasteiger partial charge in [0.2, 0.25) is 5.91 Å². The van der Waals surface area contributed by atoms with Crippen molar-refractivity contribution in [3.8, 4) is 0 Å². The molecule has 4 nitrogen and oxygen atoms in total.